The lowest BCUT2D eigenvalue weighted by Gasteiger charge is -2.11. The highest BCUT2D eigenvalue weighted by Crippen LogP contribution is 2.28. The monoisotopic (exact) mass is 314 g/mol. The van der Waals surface area contributed by atoms with Crippen molar-refractivity contribution >= 4 is 21.7 Å². The molecule has 1 aliphatic rings. The third-order valence-corrected chi connectivity index (χ3v) is 4.53. The molecule has 1 saturated carbocycles. The van der Waals surface area contributed by atoms with Crippen molar-refractivity contribution in [3.63, 3.8) is 0 Å². The lowest BCUT2D eigenvalue weighted by atomic mass is 10.2. The van der Waals surface area contributed by atoms with Crippen LogP contribution >= 0.6 is 0 Å². The molecule has 8 heteroatoms. The van der Waals surface area contributed by atoms with E-state index in [0.717, 1.165) is 12.8 Å². The van der Waals surface area contributed by atoms with E-state index in [-0.39, 0.29) is 29.7 Å². The van der Waals surface area contributed by atoms with E-state index in [1.54, 1.807) is 0 Å². The Bertz CT molecular complexity index is 625. The number of carboxylic acid groups (broad SMARTS) is 1. The summed E-state index contributed by atoms with van der Waals surface area (Å²) in [5.74, 6) is -1.16. The summed E-state index contributed by atoms with van der Waals surface area (Å²) < 4.78 is 31.2. The van der Waals surface area contributed by atoms with Crippen LogP contribution in [-0.2, 0) is 14.8 Å². The zero-order chi connectivity index (χ0) is 15.5. The van der Waals surface area contributed by atoms with Crippen LogP contribution in [0.25, 0.3) is 0 Å². The number of hydrogen-bond acceptors (Lipinski definition) is 5. The summed E-state index contributed by atoms with van der Waals surface area (Å²) in [5, 5.41) is 12.3. The molecule has 2 rings (SSSR count). The van der Waals surface area contributed by atoms with Gasteiger partial charge in [0.2, 0.25) is 10.0 Å². The molecule has 0 heterocycles. The maximum absolute atomic E-state index is 12.0. The molecule has 0 atom stereocenters. The molecule has 21 heavy (non-hydrogen) atoms. The first-order chi connectivity index (χ1) is 9.94. The van der Waals surface area contributed by atoms with E-state index >= 15 is 0 Å². The van der Waals surface area contributed by atoms with Gasteiger partial charge in [-0.1, -0.05) is 0 Å². The maximum atomic E-state index is 12.0. The van der Waals surface area contributed by atoms with Gasteiger partial charge < -0.3 is 15.2 Å². The summed E-state index contributed by atoms with van der Waals surface area (Å²) >= 11 is 0. The van der Waals surface area contributed by atoms with Crippen molar-refractivity contribution in [2.24, 2.45) is 0 Å². The lowest BCUT2D eigenvalue weighted by molar-refractivity contribution is 0.0697. The molecule has 0 aromatic heterocycles. The second-order valence-electron chi connectivity index (χ2n) is 4.82. The van der Waals surface area contributed by atoms with Crippen molar-refractivity contribution < 1.29 is 23.1 Å². The van der Waals surface area contributed by atoms with Crippen LogP contribution in [0.4, 0.5) is 5.69 Å². The van der Waals surface area contributed by atoms with E-state index in [4.69, 9.17) is 4.74 Å². The molecular weight excluding hydrogens is 296 g/mol. The van der Waals surface area contributed by atoms with Gasteiger partial charge in [0, 0.05) is 25.4 Å². The molecular formula is C13H18N2O5S. The molecule has 0 aliphatic heterocycles. The summed E-state index contributed by atoms with van der Waals surface area (Å²) in [6, 6.07) is 4.34. The number of sulfonamides is 1. The molecule has 1 fully saturated rings. The van der Waals surface area contributed by atoms with Crippen molar-refractivity contribution in [3.8, 4) is 0 Å². The van der Waals surface area contributed by atoms with Crippen LogP contribution in [0.2, 0.25) is 0 Å². The average molecular weight is 314 g/mol. The Balaban J connectivity index is 2.23. The van der Waals surface area contributed by atoms with Gasteiger partial charge in [0.25, 0.3) is 0 Å². The number of rotatable bonds is 8. The number of methoxy groups -OCH3 is 1. The van der Waals surface area contributed by atoms with Gasteiger partial charge in [0.1, 0.15) is 0 Å². The summed E-state index contributed by atoms with van der Waals surface area (Å²) in [4.78, 5) is 11.2. The van der Waals surface area contributed by atoms with Crippen LogP contribution in [0, 0.1) is 0 Å². The minimum atomic E-state index is -3.74. The second-order valence-corrected chi connectivity index (χ2v) is 6.59. The van der Waals surface area contributed by atoms with Gasteiger partial charge in [-0.25, -0.2) is 17.9 Å². The van der Waals surface area contributed by atoms with Crippen molar-refractivity contribution in [1.82, 2.24) is 4.72 Å². The zero-order valence-corrected chi connectivity index (χ0v) is 12.4. The highest BCUT2D eigenvalue weighted by Gasteiger charge is 2.24. The van der Waals surface area contributed by atoms with E-state index in [9.17, 15) is 18.3 Å². The maximum Gasteiger partial charge on any atom is 0.337 e. The quantitative estimate of drug-likeness (QED) is 0.615. The number of hydrogen-bond donors (Lipinski definition) is 3. The van der Waals surface area contributed by atoms with Gasteiger partial charge in [-0.3, -0.25) is 0 Å². The summed E-state index contributed by atoms with van der Waals surface area (Å²) in [6.07, 6.45) is 2.00. The first-order valence-electron chi connectivity index (χ1n) is 6.56. The summed E-state index contributed by atoms with van der Waals surface area (Å²) in [7, 11) is -2.27. The van der Waals surface area contributed by atoms with E-state index in [1.165, 1.54) is 25.3 Å². The van der Waals surface area contributed by atoms with Crippen molar-refractivity contribution in [2.45, 2.75) is 23.8 Å². The van der Waals surface area contributed by atoms with Crippen molar-refractivity contribution in [1.29, 1.82) is 0 Å². The van der Waals surface area contributed by atoms with E-state index in [1.807, 2.05) is 0 Å². The van der Waals surface area contributed by atoms with E-state index < -0.39 is 16.0 Å². The van der Waals surface area contributed by atoms with Gasteiger partial charge >= 0.3 is 5.97 Å². The topological polar surface area (TPSA) is 105 Å². The van der Waals surface area contributed by atoms with Gasteiger partial charge in [-0.2, -0.15) is 0 Å². The Labute approximate surface area is 123 Å². The fourth-order valence-corrected chi connectivity index (χ4v) is 2.84. The number of nitrogens with one attached hydrogen (secondary N) is 2. The lowest BCUT2D eigenvalue weighted by Crippen LogP contribution is -2.27. The van der Waals surface area contributed by atoms with Crippen LogP contribution in [0.1, 0.15) is 23.2 Å². The molecule has 116 valence electrons. The number of carbonyl (C=O) groups is 1. The number of carboxylic acids is 1. The third kappa shape index (κ3) is 4.16. The Hall–Kier alpha value is -1.64. The number of anilines is 1. The fourth-order valence-electron chi connectivity index (χ4n) is 1.80. The average Bonchev–Trinajstić information content (AvgIpc) is 3.23. The predicted octanol–water partition coefficient (Wildman–Crippen LogP) is 0.884. The molecule has 0 spiro atoms. The highest BCUT2D eigenvalue weighted by molar-refractivity contribution is 7.89. The molecule has 0 radical (unpaired) electrons. The Morgan fingerprint density at radius 1 is 1.43 bits per heavy atom. The van der Waals surface area contributed by atoms with Crippen molar-refractivity contribution in [2.75, 3.05) is 25.6 Å². The minimum Gasteiger partial charge on any atom is -0.478 e. The Morgan fingerprint density at radius 2 is 2.14 bits per heavy atom. The Kier molecular flexibility index (Phi) is 4.81. The molecule has 7 nitrogen and oxygen atoms in total. The molecule has 0 bridgehead atoms. The standard InChI is InChI=1S/C13H18N2O5S/c1-20-7-6-14-21(18,19)10-4-5-12(15-9-2-3-9)11(8-10)13(16)17/h4-5,8-9,14-15H,2-3,6-7H2,1H3,(H,16,17). The molecule has 0 unspecified atom stereocenters. The first kappa shape index (κ1) is 15.7. The molecule has 3 N–H and O–H groups in total. The summed E-state index contributed by atoms with van der Waals surface area (Å²) in [5.41, 5.74) is 0.400. The van der Waals surface area contributed by atoms with Crippen LogP contribution in [0.3, 0.4) is 0 Å². The van der Waals surface area contributed by atoms with E-state index in [2.05, 4.69) is 10.0 Å². The molecule has 1 aromatic carbocycles. The van der Waals surface area contributed by atoms with Crippen molar-refractivity contribution in [3.05, 3.63) is 23.8 Å². The van der Waals surface area contributed by atoms with Crippen LogP contribution in [0.5, 0.6) is 0 Å². The molecule has 1 aromatic rings. The third-order valence-electron chi connectivity index (χ3n) is 3.07. The van der Waals surface area contributed by atoms with Gasteiger partial charge in [0.05, 0.1) is 17.1 Å². The van der Waals surface area contributed by atoms with Crippen LogP contribution in [-0.4, -0.2) is 45.8 Å². The van der Waals surface area contributed by atoms with Crippen LogP contribution in [0.15, 0.2) is 23.1 Å². The largest absolute Gasteiger partial charge is 0.478 e. The Morgan fingerprint density at radius 3 is 2.71 bits per heavy atom. The second kappa shape index (κ2) is 6.42. The normalized spacial score (nSPS) is 14.9. The minimum absolute atomic E-state index is 0.0449. The number of ether oxygens (including phenoxy) is 1. The summed E-state index contributed by atoms with van der Waals surface area (Å²) in [6.45, 7) is 0.371. The first-order valence-corrected chi connectivity index (χ1v) is 8.05. The SMILES string of the molecule is COCCNS(=O)(=O)c1ccc(NC2CC2)c(C(=O)O)c1. The van der Waals surface area contributed by atoms with Gasteiger partial charge in [-0.15, -0.1) is 0 Å². The fraction of sp³-hybridized carbons (Fsp3) is 0.462. The number of benzene rings is 1. The smallest absolute Gasteiger partial charge is 0.337 e. The highest BCUT2D eigenvalue weighted by atomic mass is 32.2. The van der Waals surface area contributed by atoms with Crippen LogP contribution < -0.4 is 10.0 Å². The zero-order valence-electron chi connectivity index (χ0n) is 11.6. The van der Waals surface area contributed by atoms with E-state index in [0.29, 0.717) is 5.69 Å². The van der Waals surface area contributed by atoms with Gasteiger partial charge in [-0.05, 0) is 31.0 Å². The number of aromatic carboxylic acids is 1. The predicted molar refractivity (Wildman–Crippen MR) is 77.1 cm³/mol. The molecule has 0 saturated heterocycles. The molecule has 1 aliphatic carbocycles. The molecule has 0 amide bonds. The van der Waals surface area contributed by atoms with Gasteiger partial charge in [0.15, 0.2) is 0 Å².